The van der Waals surface area contributed by atoms with Crippen molar-refractivity contribution in [1.29, 1.82) is 0 Å². The van der Waals surface area contributed by atoms with Crippen LogP contribution in [0, 0.1) is 5.92 Å². The summed E-state index contributed by atoms with van der Waals surface area (Å²) in [5, 5.41) is 36.4. The molecule has 0 spiro atoms. The molecule has 0 fully saturated rings. The number of rotatable bonds is 22. The third-order valence-corrected chi connectivity index (χ3v) is 11.2. The normalized spacial score (nSPS) is 19.8. The van der Waals surface area contributed by atoms with Gasteiger partial charge in [0.15, 0.2) is 5.78 Å². The Balaban J connectivity index is 1.67. The van der Waals surface area contributed by atoms with Crippen LogP contribution in [0.4, 0.5) is 5.00 Å². The summed E-state index contributed by atoms with van der Waals surface area (Å²) in [4.78, 5) is 16.1. The molecule has 0 saturated heterocycles. The largest absolute Gasteiger partial charge is 0.511 e. The Kier molecular flexibility index (Phi) is 15.8. The van der Waals surface area contributed by atoms with Gasteiger partial charge in [0.05, 0.1) is 27.5 Å². The molecule has 2 aliphatic rings. The minimum absolute atomic E-state index is 0.0648. The fraction of sp³-hybridized carbons (Fsp3) is 0.600. The summed E-state index contributed by atoms with van der Waals surface area (Å²) >= 11 is 4.85. The number of thiophene rings is 1. The SMILES string of the molecule is CCCC[N+](CCCS(=O)(=O)O)=C1C=CC(C2C(=O)C(c3ccc(N(CCCSOOO)CCCSOOO)s3)=C2O)S1. The minimum atomic E-state index is -4.03. The van der Waals surface area contributed by atoms with Gasteiger partial charge in [-0.3, -0.25) is 9.35 Å². The molecule has 242 valence electrons. The number of aliphatic hydroxyl groups is 1. The second-order valence-electron chi connectivity index (χ2n) is 9.62. The highest BCUT2D eigenvalue weighted by Gasteiger charge is 2.47. The van der Waals surface area contributed by atoms with E-state index in [1.807, 2.05) is 24.3 Å². The highest BCUT2D eigenvalue weighted by atomic mass is 32.2. The van der Waals surface area contributed by atoms with Gasteiger partial charge in [-0.05, 0) is 36.7 Å². The molecule has 0 amide bonds. The molecule has 13 nitrogen and oxygen atoms in total. The van der Waals surface area contributed by atoms with Crippen molar-refractivity contribution in [3.8, 4) is 0 Å². The molecule has 4 N–H and O–H groups in total. The van der Waals surface area contributed by atoms with Crippen LogP contribution in [0.15, 0.2) is 30.0 Å². The van der Waals surface area contributed by atoms with Crippen LogP contribution < -0.4 is 4.90 Å². The molecular weight excluding hydrogens is 665 g/mol. The molecule has 2 heterocycles. The van der Waals surface area contributed by atoms with Gasteiger partial charge in [-0.15, -0.1) is 20.0 Å². The first-order valence-electron chi connectivity index (χ1n) is 13.6. The molecule has 1 aromatic rings. The molecule has 1 aliphatic heterocycles. The first-order valence-corrected chi connectivity index (χ1v) is 18.8. The molecule has 3 rings (SSSR count). The minimum Gasteiger partial charge on any atom is -0.511 e. The Morgan fingerprint density at radius 2 is 1.67 bits per heavy atom. The van der Waals surface area contributed by atoms with Crippen LogP contribution in [-0.4, -0.2) is 92.7 Å². The monoisotopic (exact) mass is 701 g/mol. The van der Waals surface area contributed by atoms with Gasteiger partial charge in [-0.2, -0.15) is 8.42 Å². The molecule has 0 bridgehead atoms. The number of carbonyl (C=O) groups excluding carboxylic acids is 1. The third-order valence-electron chi connectivity index (χ3n) is 6.64. The maximum Gasteiger partial charge on any atom is 0.265 e. The average molecular weight is 702 g/mol. The number of hydrogen-bond acceptors (Lipinski definition) is 15. The Bertz CT molecular complexity index is 1240. The lowest BCUT2D eigenvalue weighted by atomic mass is 9.79. The number of anilines is 1. The Morgan fingerprint density at radius 1 is 1.02 bits per heavy atom. The molecule has 1 aromatic heterocycles. The van der Waals surface area contributed by atoms with E-state index in [9.17, 15) is 18.3 Å². The van der Waals surface area contributed by atoms with Crippen molar-refractivity contribution in [3.05, 3.63) is 34.9 Å². The molecule has 2 atom stereocenters. The highest BCUT2D eigenvalue weighted by Crippen LogP contribution is 2.46. The van der Waals surface area contributed by atoms with E-state index in [0.717, 1.165) is 66.4 Å². The van der Waals surface area contributed by atoms with Gasteiger partial charge in [0.25, 0.3) is 10.1 Å². The molecule has 0 aromatic carbocycles. The molecule has 18 heteroatoms. The molecule has 1 aliphatic carbocycles. The summed E-state index contributed by atoms with van der Waals surface area (Å²) < 4.78 is 42.3. The van der Waals surface area contributed by atoms with Gasteiger partial charge in [0, 0.05) is 72.5 Å². The molecule has 2 unspecified atom stereocenters. The fourth-order valence-corrected chi connectivity index (χ4v) is 8.25. The van der Waals surface area contributed by atoms with Crippen LogP contribution in [0.1, 0.15) is 43.9 Å². The summed E-state index contributed by atoms with van der Waals surface area (Å²) in [5.74, 6) is 0.113. The topological polar surface area (TPSA) is 175 Å². The number of carbonyl (C=O) groups is 1. The zero-order valence-electron chi connectivity index (χ0n) is 23.5. The van der Waals surface area contributed by atoms with E-state index >= 15 is 0 Å². The van der Waals surface area contributed by atoms with Crippen LogP contribution in [-0.2, 0) is 33.7 Å². The third kappa shape index (κ3) is 11.3. The maximum absolute atomic E-state index is 13.3. The van der Waals surface area contributed by atoms with E-state index in [1.165, 1.54) is 23.1 Å². The summed E-state index contributed by atoms with van der Waals surface area (Å²) in [5.41, 5.74) is 0.327. The predicted octanol–water partition coefficient (Wildman–Crippen LogP) is 5.10. The van der Waals surface area contributed by atoms with Crippen molar-refractivity contribution >= 4 is 78.7 Å². The molecule has 43 heavy (non-hydrogen) atoms. The zero-order chi connectivity index (χ0) is 31.2. The zero-order valence-corrected chi connectivity index (χ0v) is 27.6. The summed E-state index contributed by atoms with van der Waals surface area (Å²) in [7, 11) is -4.03. The smallest absolute Gasteiger partial charge is 0.265 e. The van der Waals surface area contributed by atoms with Gasteiger partial charge in [-0.25, -0.2) is 15.1 Å². The van der Waals surface area contributed by atoms with E-state index in [-0.39, 0.29) is 29.0 Å². The first kappa shape index (κ1) is 36.3. The van der Waals surface area contributed by atoms with E-state index in [0.29, 0.717) is 41.6 Å². The number of unbranched alkanes of at least 4 members (excludes halogenated alkanes) is 1. The molecule has 0 radical (unpaired) electrons. The number of thioether (sulfide) groups is 1. The summed E-state index contributed by atoms with van der Waals surface area (Å²) in [6, 6.07) is 3.74. The Morgan fingerprint density at radius 3 is 2.26 bits per heavy atom. The Hall–Kier alpha value is -1.16. The second-order valence-corrected chi connectivity index (χ2v) is 15.0. The number of hydrogen-bond donors (Lipinski definition) is 4. The van der Waals surface area contributed by atoms with Crippen LogP contribution >= 0.6 is 47.2 Å². The van der Waals surface area contributed by atoms with Crippen molar-refractivity contribution in [3.63, 3.8) is 0 Å². The lowest BCUT2D eigenvalue weighted by Gasteiger charge is -2.30. The van der Waals surface area contributed by atoms with E-state index < -0.39 is 16.0 Å². The second kappa shape index (κ2) is 18.7. The van der Waals surface area contributed by atoms with Crippen LogP contribution in [0.3, 0.4) is 0 Å². The quantitative estimate of drug-likeness (QED) is 0.0313. The van der Waals surface area contributed by atoms with Gasteiger partial charge < -0.3 is 10.0 Å². The van der Waals surface area contributed by atoms with Crippen LogP contribution in [0.5, 0.6) is 0 Å². The standard InChI is InChI=1S/C25H36N2O11S5/c1-2-3-11-26(14-6-17-43(32,33)34)20-9-7-18(41-20)22-24(28)23(25(22)29)19-8-10-21(42-19)27(12-4-15-39-37-35-30)13-5-16-40-38-36-31/h7-10,18,22H,2-6,11-17H2,1H3,(H3-,28,29,30,31,32,33,34)/p+1. The lowest BCUT2D eigenvalue weighted by molar-refractivity contribution is -0.525. The van der Waals surface area contributed by atoms with Crippen molar-refractivity contribution in [2.24, 2.45) is 5.92 Å². The van der Waals surface area contributed by atoms with Crippen LogP contribution in [0.2, 0.25) is 0 Å². The number of ketones is 1. The predicted molar refractivity (Wildman–Crippen MR) is 170 cm³/mol. The highest BCUT2D eigenvalue weighted by molar-refractivity contribution is 8.15. The van der Waals surface area contributed by atoms with Crippen molar-refractivity contribution in [2.45, 2.75) is 44.3 Å². The summed E-state index contributed by atoms with van der Waals surface area (Å²) in [6.45, 7) is 4.57. The average Bonchev–Trinajstić information content (AvgIpc) is 3.63. The van der Waals surface area contributed by atoms with E-state index in [4.69, 9.17) is 15.1 Å². The first-order chi connectivity index (χ1) is 20.7. The lowest BCUT2D eigenvalue weighted by Crippen LogP contribution is -2.36. The number of aliphatic hydroxyl groups excluding tert-OH is 1. The number of Topliss-reactive ketones (excluding diaryl/α,β-unsaturated/α-hetero) is 1. The van der Waals surface area contributed by atoms with Crippen molar-refractivity contribution in [2.75, 3.05) is 48.3 Å². The number of allylic oxidation sites excluding steroid dienone is 2. The maximum atomic E-state index is 13.3. The Labute approximate surface area is 267 Å². The van der Waals surface area contributed by atoms with E-state index in [2.05, 4.69) is 35.1 Å². The van der Waals surface area contributed by atoms with Crippen molar-refractivity contribution < 1.29 is 56.7 Å². The fourth-order valence-electron chi connectivity index (χ4n) is 4.61. The number of nitrogens with zero attached hydrogens (tertiary/aromatic N) is 2. The van der Waals surface area contributed by atoms with Crippen molar-refractivity contribution in [1.82, 2.24) is 0 Å². The summed E-state index contributed by atoms with van der Waals surface area (Å²) in [6.07, 6.45) is 7.43. The molecular formula is C25H37N2O11S5+. The van der Waals surface area contributed by atoms with Gasteiger partial charge >= 0.3 is 0 Å². The molecule has 0 saturated carbocycles. The van der Waals surface area contributed by atoms with Crippen LogP contribution in [0.25, 0.3) is 5.57 Å². The van der Waals surface area contributed by atoms with Gasteiger partial charge in [-0.1, -0.05) is 29.5 Å². The van der Waals surface area contributed by atoms with E-state index in [1.54, 1.807) is 0 Å². The van der Waals surface area contributed by atoms with Gasteiger partial charge in [0.2, 0.25) is 5.04 Å². The van der Waals surface area contributed by atoms with Gasteiger partial charge in [0.1, 0.15) is 18.8 Å².